The molecule has 1 aliphatic heterocycles. The second-order valence-electron chi connectivity index (χ2n) is 5.55. The largest absolute Gasteiger partial charge is 0.340 e. The highest BCUT2D eigenvalue weighted by Gasteiger charge is 2.51. The van der Waals surface area contributed by atoms with E-state index in [0.717, 1.165) is 5.57 Å². The smallest absolute Gasteiger partial charge is 0.248 e. The first kappa shape index (κ1) is 15.0. The van der Waals surface area contributed by atoms with Gasteiger partial charge in [-0.2, -0.15) is 0 Å². The summed E-state index contributed by atoms with van der Waals surface area (Å²) in [4.78, 5) is 26.3. The summed E-state index contributed by atoms with van der Waals surface area (Å²) in [5, 5.41) is 2.79. The van der Waals surface area contributed by atoms with Gasteiger partial charge in [-0.15, -0.1) is 0 Å². The SMILES string of the molecule is CCC1(C)C(=O)NC(C)(C)C(=O)N1CC(C)=CCl. The Balaban J connectivity index is 3.19. The van der Waals surface area contributed by atoms with E-state index in [4.69, 9.17) is 11.6 Å². The molecule has 102 valence electrons. The second-order valence-corrected chi connectivity index (χ2v) is 5.77. The van der Waals surface area contributed by atoms with Crippen molar-refractivity contribution in [2.24, 2.45) is 0 Å². The van der Waals surface area contributed by atoms with Crippen LogP contribution < -0.4 is 5.32 Å². The molecule has 1 unspecified atom stereocenters. The number of hydrogen-bond donors (Lipinski definition) is 1. The van der Waals surface area contributed by atoms with E-state index in [2.05, 4.69) is 5.32 Å². The van der Waals surface area contributed by atoms with Gasteiger partial charge in [0.1, 0.15) is 11.1 Å². The fraction of sp³-hybridized carbons (Fsp3) is 0.692. The van der Waals surface area contributed by atoms with Crippen molar-refractivity contribution in [2.75, 3.05) is 6.54 Å². The number of hydrogen-bond acceptors (Lipinski definition) is 2. The summed E-state index contributed by atoms with van der Waals surface area (Å²) >= 11 is 5.66. The maximum absolute atomic E-state index is 12.5. The summed E-state index contributed by atoms with van der Waals surface area (Å²) < 4.78 is 0. The highest BCUT2D eigenvalue weighted by Crippen LogP contribution is 2.29. The molecule has 0 aliphatic carbocycles. The van der Waals surface area contributed by atoms with Gasteiger partial charge in [0.2, 0.25) is 11.8 Å². The number of nitrogens with zero attached hydrogens (tertiary/aromatic N) is 1. The summed E-state index contributed by atoms with van der Waals surface area (Å²) in [5.74, 6) is -0.193. The van der Waals surface area contributed by atoms with E-state index in [9.17, 15) is 9.59 Å². The summed E-state index contributed by atoms with van der Waals surface area (Å²) in [6.45, 7) is 9.35. The normalized spacial score (nSPS) is 28.3. The van der Waals surface area contributed by atoms with Gasteiger partial charge in [0, 0.05) is 12.1 Å². The Hall–Kier alpha value is -1.03. The van der Waals surface area contributed by atoms with Crippen LogP contribution in [-0.4, -0.2) is 34.3 Å². The number of nitrogens with one attached hydrogen (secondary N) is 1. The quantitative estimate of drug-likeness (QED) is 0.855. The lowest BCUT2D eigenvalue weighted by Gasteiger charge is -2.49. The van der Waals surface area contributed by atoms with Crippen LogP contribution in [0.3, 0.4) is 0 Å². The maximum Gasteiger partial charge on any atom is 0.248 e. The maximum atomic E-state index is 12.5. The van der Waals surface area contributed by atoms with E-state index in [1.54, 1.807) is 25.7 Å². The lowest BCUT2D eigenvalue weighted by molar-refractivity contribution is -0.160. The van der Waals surface area contributed by atoms with Crippen LogP contribution in [0, 0.1) is 0 Å². The van der Waals surface area contributed by atoms with Crippen LogP contribution in [0.2, 0.25) is 0 Å². The third-order valence-corrected chi connectivity index (χ3v) is 3.95. The topological polar surface area (TPSA) is 49.4 Å². The van der Waals surface area contributed by atoms with Gasteiger partial charge in [-0.05, 0) is 39.7 Å². The number of halogens is 1. The molecule has 1 saturated heterocycles. The zero-order chi connectivity index (χ0) is 14.1. The van der Waals surface area contributed by atoms with Crippen LogP contribution in [0.4, 0.5) is 0 Å². The Morgan fingerprint density at radius 2 is 1.94 bits per heavy atom. The zero-order valence-corrected chi connectivity index (χ0v) is 12.4. The van der Waals surface area contributed by atoms with E-state index in [1.807, 2.05) is 13.8 Å². The van der Waals surface area contributed by atoms with Crippen LogP contribution >= 0.6 is 11.6 Å². The average Bonchev–Trinajstić information content (AvgIpc) is 2.31. The number of piperazine rings is 1. The van der Waals surface area contributed by atoms with Crippen molar-refractivity contribution in [1.29, 1.82) is 0 Å². The van der Waals surface area contributed by atoms with Gasteiger partial charge < -0.3 is 10.2 Å². The summed E-state index contributed by atoms with van der Waals surface area (Å²) in [7, 11) is 0. The lowest BCUT2D eigenvalue weighted by Crippen LogP contribution is -2.73. The molecule has 2 amide bonds. The molecule has 4 nitrogen and oxygen atoms in total. The molecule has 5 heteroatoms. The molecular formula is C13H21ClN2O2. The van der Waals surface area contributed by atoms with Crippen LogP contribution in [0.25, 0.3) is 0 Å². The van der Waals surface area contributed by atoms with Crippen molar-refractivity contribution in [3.63, 3.8) is 0 Å². The predicted octanol–water partition coefficient (Wildman–Crippen LogP) is 2.03. The van der Waals surface area contributed by atoms with Gasteiger partial charge in [-0.25, -0.2) is 0 Å². The molecule has 0 aromatic carbocycles. The highest BCUT2D eigenvalue weighted by atomic mass is 35.5. The Labute approximate surface area is 113 Å². The van der Waals surface area contributed by atoms with Crippen molar-refractivity contribution in [1.82, 2.24) is 10.2 Å². The fourth-order valence-electron chi connectivity index (χ4n) is 2.04. The Bertz CT molecular complexity index is 404. The standard InChI is InChI=1S/C13H21ClN2O2/c1-6-13(5)10(17)15-12(3,4)11(18)16(13)8-9(2)7-14/h7H,6,8H2,1-5H3,(H,15,17). The molecule has 0 aromatic rings. The molecule has 0 spiro atoms. The molecule has 1 heterocycles. The van der Waals surface area contributed by atoms with Gasteiger partial charge in [-0.1, -0.05) is 18.5 Å². The molecule has 0 aromatic heterocycles. The lowest BCUT2D eigenvalue weighted by atomic mass is 9.86. The summed E-state index contributed by atoms with van der Waals surface area (Å²) in [6, 6.07) is 0. The third-order valence-electron chi connectivity index (χ3n) is 3.57. The van der Waals surface area contributed by atoms with Crippen molar-refractivity contribution in [3.8, 4) is 0 Å². The molecule has 1 fully saturated rings. The molecule has 0 saturated carbocycles. The summed E-state index contributed by atoms with van der Waals surface area (Å²) in [5.41, 5.74) is 0.629. The first-order chi connectivity index (χ1) is 8.19. The molecule has 1 N–H and O–H groups in total. The van der Waals surface area contributed by atoms with Crippen LogP contribution in [0.5, 0.6) is 0 Å². The Morgan fingerprint density at radius 1 is 1.39 bits per heavy atom. The van der Waals surface area contributed by atoms with Crippen molar-refractivity contribution in [2.45, 2.75) is 52.1 Å². The molecule has 1 rings (SSSR count). The minimum atomic E-state index is -0.863. The van der Waals surface area contributed by atoms with Crippen LogP contribution in [-0.2, 0) is 9.59 Å². The average molecular weight is 273 g/mol. The van der Waals surface area contributed by atoms with E-state index in [1.165, 1.54) is 5.54 Å². The van der Waals surface area contributed by atoms with Gasteiger partial charge in [0.25, 0.3) is 0 Å². The van der Waals surface area contributed by atoms with Gasteiger partial charge in [0.15, 0.2) is 0 Å². The number of carbonyl (C=O) groups is 2. The minimum Gasteiger partial charge on any atom is -0.340 e. The first-order valence-corrected chi connectivity index (χ1v) is 6.53. The number of rotatable bonds is 3. The zero-order valence-electron chi connectivity index (χ0n) is 11.6. The molecule has 0 bridgehead atoms. The Morgan fingerprint density at radius 3 is 2.39 bits per heavy atom. The van der Waals surface area contributed by atoms with Gasteiger partial charge in [0.05, 0.1) is 0 Å². The van der Waals surface area contributed by atoms with Crippen molar-refractivity contribution < 1.29 is 9.59 Å². The van der Waals surface area contributed by atoms with E-state index in [0.29, 0.717) is 13.0 Å². The van der Waals surface area contributed by atoms with E-state index < -0.39 is 11.1 Å². The van der Waals surface area contributed by atoms with Gasteiger partial charge in [-0.3, -0.25) is 9.59 Å². The minimum absolute atomic E-state index is 0.0793. The predicted molar refractivity (Wildman–Crippen MR) is 72.2 cm³/mol. The second kappa shape index (κ2) is 4.92. The fourth-order valence-corrected chi connectivity index (χ4v) is 2.11. The Kier molecular flexibility index (Phi) is 4.11. The van der Waals surface area contributed by atoms with Crippen molar-refractivity contribution in [3.05, 3.63) is 11.1 Å². The first-order valence-electron chi connectivity index (χ1n) is 6.09. The molecule has 18 heavy (non-hydrogen) atoms. The number of amides is 2. The van der Waals surface area contributed by atoms with E-state index in [-0.39, 0.29) is 11.8 Å². The van der Waals surface area contributed by atoms with Crippen LogP contribution in [0.1, 0.15) is 41.0 Å². The molecule has 0 radical (unpaired) electrons. The highest BCUT2D eigenvalue weighted by molar-refractivity contribution is 6.25. The van der Waals surface area contributed by atoms with Crippen LogP contribution in [0.15, 0.2) is 11.1 Å². The molecule has 1 atom stereocenters. The third kappa shape index (κ3) is 2.39. The van der Waals surface area contributed by atoms with Crippen molar-refractivity contribution >= 4 is 23.4 Å². The van der Waals surface area contributed by atoms with Gasteiger partial charge >= 0.3 is 0 Å². The van der Waals surface area contributed by atoms with E-state index >= 15 is 0 Å². The number of carbonyl (C=O) groups excluding carboxylic acids is 2. The molecular weight excluding hydrogens is 252 g/mol. The summed E-state index contributed by atoms with van der Waals surface area (Å²) in [6.07, 6.45) is 0.566. The molecule has 1 aliphatic rings. The monoisotopic (exact) mass is 272 g/mol.